The Balaban J connectivity index is 2.58. The molecule has 1 aromatic rings. The lowest BCUT2D eigenvalue weighted by atomic mass is 10.1. The zero-order valence-electron chi connectivity index (χ0n) is 12.2. The molecule has 6 heteroatoms. The predicted molar refractivity (Wildman–Crippen MR) is 77.3 cm³/mol. The quantitative estimate of drug-likeness (QED) is 0.644. The highest BCUT2D eigenvalue weighted by molar-refractivity contribution is 5.75. The summed E-state index contributed by atoms with van der Waals surface area (Å²) >= 11 is 0. The largest absolute Gasteiger partial charge is 0.491 e. The number of hydrogen-bond acceptors (Lipinski definition) is 4. The number of carboxylic acids is 2. The van der Waals surface area contributed by atoms with Crippen molar-refractivity contribution in [2.24, 2.45) is 0 Å². The van der Waals surface area contributed by atoms with Gasteiger partial charge in [-0.3, -0.25) is 9.59 Å². The first-order valence-electron chi connectivity index (χ1n) is 6.82. The summed E-state index contributed by atoms with van der Waals surface area (Å²) in [4.78, 5) is 21.6. The highest BCUT2D eigenvalue weighted by Crippen LogP contribution is 2.15. The molecule has 0 heterocycles. The summed E-state index contributed by atoms with van der Waals surface area (Å²) in [6, 6.07) is 6.49. The Kier molecular flexibility index (Phi) is 6.68. The minimum absolute atomic E-state index is 0.0485. The van der Waals surface area contributed by atoms with Crippen LogP contribution in [0.25, 0.3) is 0 Å². The van der Waals surface area contributed by atoms with Crippen molar-refractivity contribution in [3.63, 3.8) is 0 Å². The minimum Gasteiger partial charge on any atom is -0.491 e. The van der Waals surface area contributed by atoms with E-state index in [0.717, 1.165) is 11.3 Å². The van der Waals surface area contributed by atoms with Crippen molar-refractivity contribution in [2.45, 2.75) is 45.4 Å². The molecule has 116 valence electrons. The molecule has 0 amide bonds. The molecule has 0 bridgehead atoms. The van der Waals surface area contributed by atoms with E-state index < -0.39 is 18.0 Å². The molecule has 1 rings (SSSR count). The maximum atomic E-state index is 11.1. The Morgan fingerprint density at radius 2 is 2.00 bits per heavy atom. The van der Waals surface area contributed by atoms with Gasteiger partial charge in [-0.2, -0.15) is 0 Å². The van der Waals surface area contributed by atoms with Crippen LogP contribution in [0.15, 0.2) is 24.3 Å². The van der Waals surface area contributed by atoms with Gasteiger partial charge >= 0.3 is 11.9 Å². The zero-order chi connectivity index (χ0) is 15.8. The lowest BCUT2D eigenvalue weighted by Crippen LogP contribution is -2.36. The molecule has 3 N–H and O–H groups in total. The van der Waals surface area contributed by atoms with Gasteiger partial charge in [-0.15, -0.1) is 0 Å². The Morgan fingerprint density at radius 3 is 2.57 bits per heavy atom. The van der Waals surface area contributed by atoms with Gasteiger partial charge in [0.2, 0.25) is 0 Å². The molecule has 0 aliphatic rings. The summed E-state index contributed by atoms with van der Waals surface area (Å²) in [7, 11) is 0. The Labute approximate surface area is 123 Å². The van der Waals surface area contributed by atoms with Crippen LogP contribution < -0.4 is 10.1 Å². The summed E-state index contributed by atoms with van der Waals surface area (Å²) in [6.07, 6.45) is -0.0663. The molecule has 0 aliphatic heterocycles. The Hall–Kier alpha value is -2.08. The lowest BCUT2D eigenvalue weighted by molar-refractivity contribution is -0.140. The Morgan fingerprint density at radius 1 is 1.29 bits per heavy atom. The van der Waals surface area contributed by atoms with Crippen molar-refractivity contribution in [2.75, 3.05) is 0 Å². The second-order valence-corrected chi connectivity index (χ2v) is 5.02. The third kappa shape index (κ3) is 6.76. The topological polar surface area (TPSA) is 95.9 Å². The summed E-state index contributed by atoms with van der Waals surface area (Å²) < 4.78 is 5.57. The van der Waals surface area contributed by atoms with Gasteiger partial charge in [0, 0.05) is 13.0 Å². The number of nitrogens with one attached hydrogen (secondary N) is 1. The van der Waals surface area contributed by atoms with Crippen molar-refractivity contribution in [1.82, 2.24) is 5.32 Å². The van der Waals surface area contributed by atoms with Crippen molar-refractivity contribution in [3.8, 4) is 5.75 Å². The van der Waals surface area contributed by atoms with E-state index >= 15 is 0 Å². The number of carbonyl (C=O) groups is 2. The number of rotatable bonds is 9. The molecule has 1 atom stereocenters. The number of aliphatic carboxylic acids is 2. The predicted octanol–water partition coefficient (Wildman–Crippen LogP) is 1.88. The van der Waals surface area contributed by atoms with Gasteiger partial charge in [-0.05, 0) is 38.0 Å². The van der Waals surface area contributed by atoms with Gasteiger partial charge in [0.25, 0.3) is 0 Å². The van der Waals surface area contributed by atoms with Crippen molar-refractivity contribution >= 4 is 11.9 Å². The fraction of sp³-hybridized carbons (Fsp3) is 0.467. The van der Waals surface area contributed by atoms with Crippen LogP contribution in [0.5, 0.6) is 5.75 Å². The summed E-state index contributed by atoms with van der Waals surface area (Å²) in [5, 5.41) is 20.5. The van der Waals surface area contributed by atoms with Gasteiger partial charge in [0.15, 0.2) is 0 Å². The monoisotopic (exact) mass is 295 g/mol. The number of ether oxygens (including phenoxy) is 1. The summed E-state index contributed by atoms with van der Waals surface area (Å²) in [6.45, 7) is 4.19. The van der Waals surface area contributed by atoms with E-state index in [4.69, 9.17) is 14.9 Å². The molecule has 6 nitrogen and oxygen atoms in total. The molecule has 0 aromatic heterocycles. The average Bonchev–Trinajstić information content (AvgIpc) is 2.37. The third-order valence-corrected chi connectivity index (χ3v) is 2.77. The molecule has 21 heavy (non-hydrogen) atoms. The van der Waals surface area contributed by atoms with E-state index in [1.54, 1.807) is 0 Å². The maximum Gasteiger partial charge on any atom is 0.320 e. The van der Waals surface area contributed by atoms with Crippen LogP contribution in [-0.4, -0.2) is 34.3 Å². The fourth-order valence-electron chi connectivity index (χ4n) is 1.82. The molecule has 0 aliphatic carbocycles. The normalized spacial score (nSPS) is 12.1. The molecular formula is C15H21NO5. The molecule has 0 saturated heterocycles. The van der Waals surface area contributed by atoms with E-state index in [9.17, 15) is 9.59 Å². The highest BCUT2D eigenvalue weighted by Gasteiger charge is 2.17. The molecule has 0 saturated carbocycles. The fourth-order valence-corrected chi connectivity index (χ4v) is 1.82. The number of hydrogen-bond donors (Lipinski definition) is 3. The molecule has 1 aromatic carbocycles. The first kappa shape index (κ1) is 17.0. The van der Waals surface area contributed by atoms with E-state index in [-0.39, 0.29) is 18.9 Å². The van der Waals surface area contributed by atoms with Crippen LogP contribution in [0.2, 0.25) is 0 Å². The SMILES string of the molecule is CC(C)Oc1cccc(CNC(CCC(=O)O)C(=O)O)c1. The van der Waals surface area contributed by atoms with Crippen molar-refractivity contribution in [3.05, 3.63) is 29.8 Å². The first-order chi connectivity index (χ1) is 9.88. The summed E-state index contributed by atoms with van der Waals surface area (Å²) in [5.74, 6) is -1.33. The molecule has 1 unspecified atom stereocenters. The highest BCUT2D eigenvalue weighted by atomic mass is 16.5. The van der Waals surface area contributed by atoms with Crippen molar-refractivity contribution in [1.29, 1.82) is 0 Å². The van der Waals surface area contributed by atoms with Crippen LogP contribution in [0.1, 0.15) is 32.3 Å². The first-order valence-corrected chi connectivity index (χ1v) is 6.82. The van der Waals surface area contributed by atoms with Crippen LogP contribution >= 0.6 is 0 Å². The van der Waals surface area contributed by atoms with Crippen LogP contribution in [0, 0.1) is 0 Å². The van der Waals surface area contributed by atoms with E-state index in [0.29, 0.717) is 6.54 Å². The molecular weight excluding hydrogens is 274 g/mol. The standard InChI is InChI=1S/C15H21NO5/c1-10(2)21-12-5-3-4-11(8-12)9-16-13(15(19)20)6-7-14(17)18/h3-5,8,10,13,16H,6-7,9H2,1-2H3,(H,17,18)(H,19,20). The van der Waals surface area contributed by atoms with E-state index in [1.807, 2.05) is 38.1 Å². The second-order valence-electron chi connectivity index (χ2n) is 5.02. The van der Waals surface area contributed by atoms with E-state index in [2.05, 4.69) is 5.32 Å². The van der Waals surface area contributed by atoms with Gasteiger partial charge in [-0.1, -0.05) is 12.1 Å². The van der Waals surface area contributed by atoms with Gasteiger partial charge in [0.05, 0.1) is 6.10 Å². The third-order valence-electron chi connectivity index (χ3n) is 2.77. The average molecular weight is 295 g/mol. The van der Waals surface area contributed by atoms with Gasteiger partial charge in [-0.25, -0.2) is 0 Å². The molecule has 0 fully saturated rings. The Bertz CT molecular complexity index is 487. The lowest BCUT2D eigenvalue weighted by Gasteiger charge is -2.15. The van der Waals surface area contributed by atoms with E-state index in [1.165, 1.54) is 0 Å². The van der Waals surface area contributed by atoms with Gasteiger partial charge < -0.3 is 20.3 Å². The van der Waals surface area contributed by atoms with Crippen LogP contribution in [-0.2, 0) is 16.1 Å². The maximum absolute atomic E-state index is 11.1. The smallest absolute Gasteiger partial charge is 0.320 e. The van der Waals surface area contributed by atoms with Crippen LogP contribution in [0.4, 0.5) is 0 Å². The zero-order valence-corrected chi connectivity index (χ0v) is 12.2. The molecule has 0 radical (unpaired) electrons. The molecule has 0 spiro atoms. The number of benzene rings is 1. The number of carboxylic acid groups (broad SMARTS) is 2. The summed E-state index contributed by atoms with van der Waals surface area (Å²) in [5.41, 5.74) is 0.884. The van der Waals surface area contributed by atoms with Crippen molar-refractivity contribution < 1.29 is 24.5 Å². The van der Waals surface area contributed by atoms with Crippen LogP contribution in [0.3, 0.4) is 0 Å². The minimum atomic E-state index is -1.05. The van der Waals surface area contributed by atoms with Gasteiger partial charge in [0.1, 0.15) is 11.8 Å². The second kappa shape index (κ2) is 8.26.